The number of hydrogen-bond donors (Lipinski definition) is 5. The monoisotopic (exact) mass is 1470 g/mol. The predicted molar refractivity (Wildman–Crippen MR) is 404 cm³/mol. The molecule has 11 rings (SSSR count). The van der Waals surface area contributed by atoms with Crippen LogP contribution in [0.5, 0.6) is 5.75 Å². The predicted octanol–water partition coefficient (Wildman–Crippen LogP) is 15.8. The van der Waals surface area contributed by atoms with Crippen molar-refractivity contribution in [3.8, 4) is 5.75 Å². The number of likely N-dealkylation sites (tertiary alicyclic amines) is 1. The van der Waals surface area contributed by atoms with Crippen LogP contribution in [0.3, 0.4) is 0 Å². The second-order valence-electron chi connectivity index (χ2n) is 32.8. The molecule has 5 aromatic carbocycles. The Labute approximate surface area is 622 Å². The molecule has 0 aromatic heterocycles. The van der Waals surface area contributed by atoms with Crippen LogP contribution >= 0.6 is 7.82 Å². The van der Waals surface area contributed by atoms with Gasteiger partial charge in [0.25, 0.3) is 0 Å². The standard InChI is InChI=1S/C47H52FNO6.C30H45NO6.C8H19O4P/c1-43-24-21-36(50)27-35(43)19-20-37-38-28-41-47(44(38,2)29-39(51)46(37,43)48,55-42(54-41)31-22-25-49(3)26-23-31)40(52)30-53-45(32-13-7-4-8-14-32,33-15-9-5-10-16-33)34-17-11-6-12-18-34;1-30(2,3)37-29(35)31(22-28(34)25-16-17-27(33)26(21-25)23-32)18-10-4-5-11-19-36-20-12-9-15-24-13-7-6-8-14-24;1-7(2,3)11-13(9,10)12-8(4,5)6/h4-18,21,24,27,31,37-39,41-42,51H,19-20,22-23,25-26,28-30H2,1-3H3;6-8,13-14,16-17,21,28,32-34H,4-5,9-12,15,18-20,22-23H2,1-3H3;1-6H3,(H,9,10)/t37-,38-,39-,41-,42?,43-,44-,46?,47+;;/m0../s1. The number of Topliss-reactive ketones (excluding diaryl/α,β-unsaturated/α-hetero) is 1. The number of phosphoric ester groups is 1. The molecule has 5 N–H and O–H groups in total. The van der Waals surface area contributed by atoms with Crippen molar-refractivity contribution in [2.45, 2.75) is 225 Å². The number of amides is 1. The fourth-order valence-corrected chi connectivity index (χ4v) is 18.2. The number of ether oxygens (including phenoxy) is 5. The molecule has 3 unspecified atom stereocenters. The number of aromatic hydroxyl groups is 1. The molecule has 5 fully saturated rings. The second kappa shape index (κ2) is 34.9. The number of aliphatic hydroxyl groups is 3. The summed E-state index contributed by atoms with van der Waals surface area (Å²) < 4.78 is 71.9. The Bertz CT molecular complexity index is 3640. The molecule has 2 saturated heterocycles. The van der Waals surface area contributed by atoms with Gasteiger partial charge in [-0.3, -0.25) is 18.6 Å². The highest BCUT2D eigenvalue weighted by atomic mass is 31.2. The number of phosphoric acid groups is 1. The Hall–Kier alpha value is -6.29. The zero-order valence-electron chi connectivity index (χ0n) is 63.8. The SMILES string of the molecule is CC(C)(C)OC(=O)N(CCCCCCOCCCCc1ccccc1)CC(O)c1ccc(O)c(CO)c1.CC(C)(C)OP(=O)(O)OC(C)(C)C.CN1CCC(C2O[C@H]3C[C@H]4[C@@H]5CCC6=CC(=O)C=C[C@]6(C)C5(F)[C@@H](O)C[C@]4(C)[C@]3(C(=O)COC(c3ccccc3)(c3ccccc3)c3ccccc3)O2)CC1. The molecular formula is C85H116FN2O16P. The lowest BCUT2D eigenvalue weighted by atomic mass is 9.44. The Balaban J connectivity index is 0.000000220. The topological polar surface area (TPSA) is 241 Å². The highest BCUT2D eigenvalue weighted by molar-refractivity contribution is 7.47. The molecule has 2 heterocycles. The van der Waals surface area contributed by atoms with Crippen LogP contribution in [0.25, 0.3) is 0 Å². The van der Waals surface area contributed by atoms with Crippen LogP contribution in [-0.4, -0.2) is 152 Å². The Morgan fingerprint density at radius 2 is 1.30 bits per heavy atom. The first-order valence-electron chi connectivity index (χ1n) is 37.7. The van der Waals surface area contributed by atoms with Crippen LogP contribution in [0.2, 0.25) is 0 Å². The van der Waals surface area contributed by atoms with Crippen molar-refractivity contribution in [2.24, 2.45) is 28.6 Å². The Kier molecular flexibility index (Phi) is 27.5. The average molecular weight is 1470 g/mol. The molecule has 0 bridgehead atoms. The third-order valence-corrected chi connectivity index (χ3v) is 23.3. The molecule has 20 heteroatoms. The number of benzene rings is 5. The molecule has 0 spiro atoms. The third kappa shape index (κ3) is 19.8. The summed E-state index contributed by atoms with van der Waals surface area (Å²) in [7, 11) is -1.82. The number of allylic oxidation sites excluding steroid dienone is 4. The maximum Gasteiger partial charge on any atom is 0.473 e. The van der Waals surface area contributed by atoms with Gasteiger partial charge in [-0.2, -0.15) is 0 Å². The van der Waals surface area contributed by atoms with Crippen molar-refractivity contribution in [2.75, 3.05) is 53.0 Å². The van der Waals surface area contributed by atoms with E-state index in [0.29, 0.717) is 36.9 Å². The highest BCUT2D eigenvalue weighted by Gasteiger charge is 2.79. The number of carbonyl (C=O) groups excluding carboxylic acids is 3. The van der Waals surface area contributed by atoms with E-state index >= 15 is 9.18 Å². The van der Waals surface area contributed by atoms with E-state index in [1.54, 1.807) is 65.8 Å². The van der Waals surface area contributed by atoms with Crippen LogP contribution in [0.4, 0.5) is 9.18 Å². The van der Waals surface area contributed by atoms with Crippen molar-refractivity contribution in [1.29, 1.82) is 0 Å². The zero-order valence-corrected chi connectivity index (χ0v) is 64.7. The average Bonchev–Trinajstić information content (AvgIpc) is 1.54. The lowest BCUT2D eigenvalue weighted by Gasteiger charge is -2.62. The first-order valence-corrected chi connectivity index (χ1v) is 39.2. The summed E-state index contributed by atoms with van der Waals surface area (Å²) in [6, 6.07) is 45.0. The van der Waals surface area contributed by atoms with Crippen molar-refractivity contribution in [3.05, 3.63) is 197 Å². The second-order valence-corrected chi connectivity index (χ2v) is 34.1. The molecule has 6 aliphatic rings. The number of alkyl halides is 1. The molecule has 2 aliphatic heterocycles. The lowest BCUT2D eigenvalue weighted by molar-refractivity contribution is -0.237. The number of unbranched alkanes of at least 4 members (excludes halogenated alkanes) is 4. The summed E-state index contributed by atoms with van der Waals surface area (Å²) in [5.41, 5.74) is -3.15. The smallest absolute Gasteiger partial charge is 0.473 e. The van der Waals surface area contributed by atoms with E-state index in [0.717, 1.165) is 106 Å². The molecule has 574 valence electrons. The minimum atomic E-state index is -3.94. The van der Waals surface area contributed by atoms with Gasteiger partial charge in [0.2, 0.25) is 0 Å². The number of phenols is 1. The van der Waals surface area contributed by atoms with Crippen molar-refractivity contribution in [1.82, 2.24) is 9.80 Å². The molecule has 10 atom stereocenters. The lowest BCUT2D eigenvalue weighted by Crippen LogP contribution is -2.70. The molecule has 18 nitrogen and oxygen atoms in total. The first-order chi connectivity index (χ1) is 49.6. The minimum absolute atomic E-state index is 0.0161. The Morgan fingerprint density at radius 3 is 1.85 bits per heavy atom. The first kappa shape index (κ1) is 82.8. The number of piperidine rings is 1. The zero-order chi connectivity index (χ0) is 76.2. The number of rotatable bonds is 26. The highest BCUT2D eigenvalue weighted by Crippen LogP contribution is 2.72. The van der Waals surface area contributed by atoms with Gasteiger partial charge in [-0.1, -0.05) is 159 Å². The number of fused-ring (bicyclic) bond motifs is 7. The Morgan fingerprint density at radius 1 is 0.743 bits per heavy atom. The van der Waals surface area contributed by atoms with Crippen molar-refractivity contribution in [3.63, 3.8) is 0 Å². The van der Waals surface area contributed by atoms with Gasteiger partial charge in [-0.25, -0.2) is 13.8 Å². The summed E-state index contributed by atoms with van der Waals surface area (Å²) in [4.78, 5) is 54.0. The molecule has 3 saturated carbocycles. The summed E-state index contributed by atoms with van der Waals surface area (Å²) in [6.07, 6.45) is 10.8. The van der Waals surface area contributed by atoms with E-state index < -0.39 is 88.9 Å². The van der Waals surface area contributed by atoms with Crippen LogP contribution in [0.15, 0.2) is 163 Å². The third-order valence-electron chi connectivity index (χ3n) is 21.7. The van der Waals surface area contributed by atoms with Crippen LogP contribution in [0, 0.1) is 28.6 Å². The van der Waals surface area contributed by atoms with Crippen LogP contribution in [-0.2, 0) is 65.5 Å². The summed E-state index contributed by atoms with van der Waals surface area (Å²) in [5.74, 6) is -1.22. The number of halogens is 1. The number of nitrogens with zero attached hydrogens (tertiary/aromatic N) is 2. The largest absolute Gasteiger partial charge is 0.508 e. The van der Waals surface area contributed by atoms with Gasteiger partial charge in [0.05, 0.1) is 42.7 Å². The maximum absolute atomic E-state index is 18.2. The van der Waals surface area contributed by atoms with Gasteiger partial charge in [-0.15, -0.1) is 0 Å². The molecule has 105 heavy (non-hydrogen) atoms. The van der Waals surface area contributed by atoms with Gasteiger partial charge < -0.3 is 58.8 Å². The van der Waals surface area contributed by atoms with Gasteiger partial charge in [0.1, 0.15) is 23.6 Å². The van der Waals surface area contributed by atoms with Gasteiger partial charge in [0.15, 0.2) is 29.1 Å². The number of ketones is 2. The quantitative estimate of drug-likeness (QED) is 0.0196. The van der Waals surface area contributed by atoms with Gasteiger partial charge >= 0.3 is 13.9 Å². The van der Waals surface area contributed by atoms with E-state index in [9.17, 15) is 39.5 Å². The molecule has 4 aliphatic carbocycles. The number of aliphatic hydroxyl groups excluding tert-OH is 3. The normalized spacial score (nSPS) is 25.8. The van der Waals surface area contributed by atoms with E-state index in [2.05, 4.69) is 36.2 Å². The van der Waals surface area contributed by atoms with E-state index in [1.165, 1.54) is 22.6 Å². The van der Waals surface area contributed by atoms with Crippen LogP contribution in [0.1, 0.15) is 193 Å². The molecule has 0 radical (unpaired) electrons. The van der Waals surface area contributed by atoms with Gasteiger partial charge in [-0.05, 0) is 218 Å². The molecule has 5 aromatic rings. The fourth-order valence-electron chi connectivity index (χ4n) is 16.7. The van der Waals surface area contributed by atoms with E-state index in [-0.39, 0.29) is 55.3 Å². The summed E-state index contributed by atoms with van der Waals surface area (Å²) >= 11 is 0. The van der Waals surface area contributed by atoms with E-state index in [4.69, 9.17) is 32.7 Å². The number of aryl methyl sites for hydroxylation is 1. The minimum Gasteiger partial charge on any atom is -0.508 e. The van der Waals surface area contributed by atoms with Crippen LogP contribution < -0.4 is 0 Å². The fraction of sp³-hybridized carbons (Fsp3) is 0.565. The maximum atomic E-state index is 18.2. The molecular weight excluding hydrogens is 1350 g/mol. The number of hydrogen-bond acceptors (Lipinski definition) is 16. The van der Waals surface area contributed by atoms with E-state index in [1.807, 2.05) is 132 Å². The summed E-state index contributed by atoms with van der Waals surface area (Å²) in [6.45, 7) is 22.7. The van der Waals surface area contributed by atoms with Gasteiger partial charge in [0, 0.05) is 48.0 Å². The number of carbonyl (C=O) groups is 3. The molecule has 1 amide bonds. The van der Waals surface area contributed by atoms with Crippen molar-refractivity contribution < 1.29 is 81.4 Å². The summed E-state index contributed by atoms with van der Waals surface area (Å²) in [5, 5.41) is 42.2. The van der Waals surface area contributed by atoms with Crippen molar-refractivity contribution >= 4 is 25.5 Å².